The van der Waals surface area contributed by atoms with Gasteiger partial charge in [-0.1, -0.05) is 6.07 Å². The Morgan fingerprint density at radius 1 is 1.39 bits per heavy atom. The number of halogens is 2. The van der Waals surface area contributed by atoms with Crippen LogP contribution in [0.15, 0.2) is 28.9 Å². The summed E-state index contributed by atoms with van der Waals surface area (Å²) >= 11 is 3.13. The van der Waals surface area contributed by atoms with Crippen molar-refractivity contribution >= 4 is 21.7 Å². The minimum atomic E-state index is -0.669. The molecular formula is C11H6BrFN4O. The lowest BCUT2D eigenvalue weighted by Crippen LogP contribution is -1.99. The van der Waals surface area contributed by atoms with Gasteiger partial charge in [0.25, 0.3) is 0 Å². The maximum atomic E-state index is 13.3. The van der Waals surface area contributed by atoms with Gasteiger partial charge in [-0.3, -0.25) is 0 Å². The van der Waals surface area contributed by atoms with Crippen LogP contribution in [-0.4, -0.2) is 9.97 Å². The van der Waals surface area contributed by atoms with Crippen molar-refractivity contribution in [3.8, 4) is 17.8 Å². The molecule has 1 aromatic carbocycles. The molecule has 2 N–H and O–H groups in total. The number of aromatic nitrogens is 2. The molecule has 90 valence electrons. The second kappa shape index (κ2) is 4.98. The number of rotatable bonds is 2. The number of hydrogen-bond donors (Lipinski definition) is 1. The predicted molar refractivity (Wildman–Crippen MR) is 65.3 cm³/mol. The van der Waals surface area contributed by atoms with Gasteiger partial charge in [-0.05, 0) is 28.1 Å². The van der Waals surface area contributed by atoms with Gasteiger partial charge < -0.3 is 10.5 Å². The van der Waals surface area contributed by atoms with Gasteiger partial charge in [0, 0.05) is 6.07 Å². The highest BCUT2D eigenvalue weighted by Gasteiger charge is 2.11. The second-order valence-corrected chi connectivity index (χ2v) is 4.04. The van der Waals surface area contributed by atoms with Crippen LogP contribution < -0.4 is 10.5 Å². The summed E-state index contributed by atoms with van der Waals surface area (Å²) in [5, 5.41) is 8.84. The third-order valence-corrected chi connectivity index (χ3v) is 2.39. The molecule has 0 aliphatic rings. The molecule has 18 heavy (non-hydrogen) atoms. The third-order valence-electron chi connectivity index (χ3n) is 1.98. The fourth-order valence-corrected chi connectivity index (χ4v) is 1.64. The van der Waals surface area contributed by atoms with Crippen LogP contribution >= 0.6 is 15.9 Å². The molecule has 0 amide bonds. The maximum absolute atomic E-state index is 13.3. The zero-order valence-corrected chi connectivity index (χ0v) is 10.5. The summed E-state index contributed by atoms with van der Waals surface area (Å²) in [5.41, 5.74) is 5.30. The fraction of sp³-hybridized carbons (Fsp3) is 0. The van der Waals surface area contributed by atoms with Crippen molar-refractivity contribution in [2.45, 2.75) is 0 Å². The lowest BCUT2D eigenvalue weighted by molar-refractivity contribution is 0.436. The fourth-order valence-electron chi connectivity index (χ4n) is 1.26. The predicted octanol–water partition coefficient (Wildman–Crippen LogP) is 2.62. The van der Waals surface area contributed by atoms with E-state index in [1.165, 1.54) is 24.3 Å². The molecule has 0 saturated carbocycles. The Balaban J connectivity index is 2.40. The van der Waals surface area contributed by atoms with E-state index >= 15 is 0 Å². The van der Waals surface area contributed by atoms with Crippen molar-refractivity contribution in [3.05, 3.63) is 40.2 Å². The van der Waals surface area contributed by atoms with E-state index < -0.39 is 5.82 Å². The first-order valence-electron chi connectivity index (χ1n) is 4.76. The van der Waals surface area contributed by atoms with E-state index in [4.69, 9.17) is 15.7 Å². The van der Waals surface area contributed by atoms with Gasteiger partial charge in [0.15, 0.2) is 5.75 Å². The number of benzene rings is 1. The van der Waals surface area contributed by atoms with E-state index in [9.17, 15) is 4.39 Å². The molecule has 2 aromatic rings. The number of nitrogens with two attached hydrogens (primary N) is 1. The first kappa shape index (κ1) is 12.3. The van der Waals surface area contributed by atoms with Crippen LogP contribution in [0.5, 0.6) is 11.8 Å². The smallest absolute Gasteiger partial charge is 0.325 e. The summed E-state index contributed by atoms with van der Waals surface area (Å²) in [6.45, 7) is 0. The molecule has 0 fully saturated rings. The molecule has 0 saturated heterocycles. The topological polar surface area (TPSA) is 84.8 Å². The van der Waals surface area contributed by atoms with Crippen molar-refractivity contribution in [1.82, 2.24) is 9.97 Å². The van der Waals surface area contributed by atoms with Crippen LogP contribution in [0, 0.1) is 17.1 Å². The minimum Gasteiger partial charge on any atom is -0.423 e. The van der Waals surface area contributed by atoms with Gasteiger partial charge in [0.1, 0.15) is 27.9 Å². The van der Waals surface area contributed by atoms with E-state index in [1.807, 2.05) is 0 Å². The number of anilines is 1. The first-order chi connectivity index (χ1) is 8.60. The largest absolute Gasteiger partial charge is 0.423 e. The van der Waals surface area contributed by atoms with Gasteiger partial charge in [0.2, 0.25) is 0 Å². The van der Waals surface area contributed by atoms with Crippen LogP contribution in [0.25, 0.3) is 0 Å². The summed E-state index contributed by atoms with van der Waals surface area (Å²) in [6, 6.07) is 7.18. The molecule has 0 bridgehead atoms. The molecule has 7 heteroatoms. The van der Waals surface area contributed by atoms with Gasteiger partial charge in [0.05, 0.1) is 0 Å². The molecule has 5 nitrogen and oxygen atoms in total. The number of ether oxygens (including phenoxy) is 1. The maximum Gasteiger partial charge on any atom is 0.325 e. The molecule has 1 heterocycles. The summed E-state index contributed by atoms with van der Waals surface area (Å²) in [5.74, 6) is -0.435. The SMILES string of the molecule is N#Cc1c(F)cccc1Oc1nc(N)cc(Br)n1. The van der Waals surface area contributed by atoms with Gasteiger partial charge >= 0.3 is 6.01 Å². The Bertz CT molecular complexity index is 621. The second-order valence-electron chi connectivity index (χ2n) is 3.22. The van der Waals surface area contributed by atoms with E-state index in [1.54, 1.807) is 6.07 Å². The van der Waals surface area contributed by atoms with Crippen molar-refractivity contribution in [2.75, 3.05) is 5.73 Å². The van der Waals surface area contributed by atoms with Crippen LogP contribution in [0.4, 0.5) is 10.2 Å². The first-order valence-corrected chi connectivity index (χ1v) is 5.56. The van der Waals surface area contributed by atoms with Crippen molar-refractivity contribution in [1.29, 1.82) is 5.26 Å². The number of hydrogen-bond acceptors (Lipinski definition) is 5. The average molecular weight is 309 g/mol. The van der Waals surface area contributed by atoms with Crippen LogP contribution in [0.3, 0.4) is 0 Å². The molecule has 0 aliphatic heterocycles. The number of nitrogen functional groups attached to an aromatic ring is 1. The molecule has 0 spiro atoms. The van der Waals surface area contributed by atoms with Gasteiger partial charge in [-0.15, -0.1) is 0 Å². The van der Waals surface area contributed by atoms with Gasteiger partial charge in [-0.25, -0.2) is 4.39 Å². The molecule has 0 unspecified atom stereocenters. The van der Waals surface area contributed by atoms with E-state index in [-0.39, 0.29) is 23.1 Å². The standard InChI is InChI=1S/C11H6BrFN4O/c12-9-4-10(15)17-11(16-9)18-8-3-1-2-7(13)6(8)5-14/h1-4H,(H2,15,16,17). The summed E-state index contributed by atoms with van der Waals surface area (Å²) in [6.07, 6.45) is 0. The third kappa shape index (κ3) is 2.55. The van der Waals surface area contributed by atoms with Crippen LogP contribution in [-0.2, 0) is 0 Å². The van der Waals surface area contributed by atoms with Gasteiger partial charge in [-0.2, -0.15) is 15.2 Å². The molecule has 1 aromatic heterocycles. The zero-order valence-electron chi connectivity index (χ0n) is 8.89. The number of nitriles is 1. The summed E-state index contributed by atoms with van der Waals surface area (Å²) < 4.78 is 19.0. The Hall–Kier alpha value is -2.20. The van der Waals surface area contributed by atoms with Crippen molar-refractivity contribution < 1.29 is 9.13 Å². The van der Waals surface area contributed by atoms with E-state index in [0.29, 0.717) is 4.60 Å². The zero-order chi connectivity index (χ0) is 13.1. The van der Waals surface area contributed by atoms with E-state index in [0.717, 1.165) is 0 Å². The highest BCUT2D eigenvalue weighted by atomic mass is 79.9. The Labute approximate surface area is 110 Å². The lowest BCUT2D eigenvalue weighted by Gasteiger charge is -2.06. The highest BCUT2D eigenvalue weighted by molar-refractivity contribution is 9.10. The molecule has 2 rings (SSSR count). The average Bonchev–Trinajstić information content (AvgIpc) is 2.27. The van der Waals surface area contributed by atoms with E-state index in [2.05, 4.69) is 25.9 Å². The normalized spacial score (nSPS) is 9.83. The lowest BCUT2D eigenvalue weighted by atomic mass is 10.2. The minimum absolute atomic E-state index is 0.0370. The summed E-state index contributed by atoms with van der Waals surface area (Å²) in [7, 11) is 0. The molecule has 0 radical (unpaired) electrons. The Morgan fingerprint density at radius 3 is 2.83 bits per heavy atom. The van der Waals surface area contributed by atoms with Crippen molar-refractivity contribution in [3.63, 3.8) is 0 Å². The van der Waals surface area contributed by atoms with Crippen molar-refractivity contribution in [2.24, 2.45) is 0 Å². The van der Waals surface area contributed by atoms with Crippen LogP contribution in [0.2, 0.25) is 0 Å². The summed E-state index contributed by atoms with van der Waals surface area (Å²) in [4.78, 5) is 7.72. The Morgan fingerprint density at radius 2 is 2.17 bits per heavy atom. The monoisotopic (exact) mass is 308 g/mol. The highest BCUT2D eigenvalue weighted by Crippen LogP contribution is 2.25. The quantitative estimate of drug-likeness (QED) is 0.862. The Kier molecular flexibility index (Phi) is 3.39. The molecule has 0 aliphatic carbocycles. The molecule has 0 atom stereocenters. The number of nitrogens with zero attached hydrogens (tertiary/aromatic N) is 3. The molecular weight excluding hydrogens is 303 g/mol. The van der Waals surface area contributed by atoms with Crippen LogP contribution in [0.1, 0.15) is 5.56 Å².